The van der Waals surface area contributed by atoms with Gasteiger partial charge in [-0.1, -0.05) is 12.1 Å². The van der Waals surface area contributed by atoms with Gasteiger partial charge in [-0.2, -0.15) is 10.5 Å². The van der Waals surface area contributed by atoms with Gasteiger partial charge in [0.15, 0.2) is 0 Å². The lowest BCUT2D eigenvalue weighted by Gasteiger charge is -2.08. The van der Waals surface area contributed by atoms with Crippen LogP contribution in [-0.4, -0.2) is 4.98 Å². The molecule has 0 spiro atoms. The van der Waals surface area contributed by atoms with Crippen LogP contribution in [0.15, 0.2) is 36.5 Å². The minimum absolute atomic E-state index is 0.336. The second-order valence-corrected chi connectivity index (χ2v) is 3.56. The number of aromatic nitrogens is 1. The van der Waals surface area contributed by atoms with Crippen LogP contribution in [0.5, 0.6) is 0 Å². The number of hydrogen-bond donors (Lipinski definition) is 2. The first-order chi connectivity index (χ1) is 8.74. The Kier molecular flexibility index (Phi) is 3.08. The van der Waals surface area contributed by atoms with E-state index in [9.17, 15) is 0 Å². The van der Waals surface area contributed by atoms with Gasteiger partial charge in [0.2, 0.25) is 0 Å². The van der Waals surface area contributed by atoms with Crippen molar-refractivity contribution in [3.63, 3.8) is 0 Å². The summed E-state index contributed by atoms with van der Waals surface area (Å²) >= 11 is 0. The second kappa shape index (κ2) is 4.86. The van der Waals surface area contributed by atoms with E-state index in [1.54, 1.807) is 24.3 Å². The first kappa shape index (κ1) is 11.4. The van der Waals surface area contributed by atoms with Gasteiger partial charge in [0, 0.05) is 0 Å². The SMILES string of the molecule is N#Cc1ccccc1Nc1ncc(N)cc1C#N. The predicted octanol–water partition coefficient (Wildman–Crippen LogP) is 2.15. The van der Waals surface area contributed by atoms with Crippen LogP contribution in [0.25, 0.3) is 0 Å². The van der Waals surface area contributed by atoms with Gasteiger partial charge in [0.25, 0.3) is 0 Å². The zero-order chi connectivity index (χ0) is 13.0. The van der Waals surface area contributed by atoms with Crippen molar-refractivity contribution in [1.29, 1.82) is 10.5 Å². The van der Waals surface area contributed by atoms with Gasteiger partial charge in [0.1, 0.15) is 18.0 Å². The van der Waals surface area contributed by atoms with E-state index >= 15 is 0 Å². The Morgan fingerprint density at radius 2 is 1.83 bits per heavy atom. The van der Waals surface area contributed by atoms with Gasteiger partial charge in [0.05, 0.1) is 28.7 Å². The van der Waals surface area contributed by atoms with E-state index in [4.69, 9.17) is 16.3 Å². The quantitative estimate of drug-likeness (QED) is 0.830. The second-order valence-electron chi connectivity index (χ2n) is 3.56. The van der Waals surface area contributed by atoms with Crippen LogP contribution in [0.4, 0.5) is 17.2 Å². The Hall–Kier alpha value is -3.05. The van der Waals surface area contributed by atoms with Gasteiger partial charge in [-0.05, 0) is 18.2 Å². The molecule has 0 amide bonds. The first-order valence-corrected chi connectivity index (χ1v) is 5.16. The lowest BCUT2D eigenvalue weighted by molar-refractivity contribution is 1.28. The third-order valence-electron chi connectivity index (χ3n) is 2.33. The normalized spacial score (nSPS) is 9.22. The Bertz CT molecular complexity index is 664. The fourth-order valence-corrected chi connectivity index (χ4v) is 1.48. The van der Waals surface area contributed by atoms with E-state index in [2.05, 4.69) is 16.4 Å². The highest BCUT2D eigenvalue weighted by atomic mass is 15.0. The van der Waals surface area contributed by atoms with Crippen molar-refractivity contribution in [2.45, 2.75) is 0 Å². The van der Waals surface area contributed by atoms with Gasteiger partial charge in [-0.15, -0.1) is 0 Å². The summed E-state index contributed by atoms with van der Waals surface area (Å²) in [7, 11) is 0. The fourth-order valence-electron chi connectivity index (χ4n) is 1.48. The molecular weight excluding hydrogens is 226 g/mol. The molecule has 5 heteroatoms. The van der Waals surface area contributed by atoms with Crippen LogP contribution in [0, 0.1) is 22.7 Å². The molecule has 0 fully saturated rings. The van der Waals surface area contributed by atoms with E-state index in [1.807, 2.05) is 6.07 Å². The predicted molar refractivity (Wildman–Crippen MR) is 67.8 cm³/mol. The summed E-state index contributed by atoms with van der Waals surface area (Å²) in [5.74, 6) is 0.384. The van der Waals surface area contributed by atoms with Crippen molar-refractivity contribution in [2.75, 3.05) is 11.1 Å². The van der Waals surface area contributed by atoms with Gasteiger partial charge in [-0.25, -0.2) is 4.98 Å². The maximum absolute atomic E-state index is 9.00. The number of hydrogen-bond acceptors (Lipinski definition) is 5. The van der Waals surface area contributed by atoms with E-state index in [-0.39, 0.29) is 0 Å². The maximum atomic E-state index is 9.00. The molecule has 3 N–H and O–H groups in total. The standard InChI is InChI=1S/C13H9N5/c14-6-9-3-1-2-4-12(9)18-13-10(7-15)5-11(16)8-17-13/h1-5,8H,16H2,(H,17,18). The van der Waals surface area contributed by atoms with Crippen molar-refractivity contribution in [3.8, 4) is 12.1 Å². The van der Waals surface area contributed by atoms with Crippen LogP contribution in [-0.2, 0) is 0 Å². The molecule has 2 rings (SSSR count). The summed E-state index contributed by atoms with van der Waals surface area (Å²) in [5.41, 5.74) is 7.41. The number of nitrogen functional groups attached to an aromatic ring is 1. The topological polar surface area (TPSA) is 98.5 Å². The molecule has 0 bridgehead atoms. The minimum atomic E-state index is 0.336. The molecule has 0 radical (unpaired) electrons. The number of nitrogens with zero attached hydrogens (tertiary/aromatic N) is 3. The van der Waals surface area contributed by atoms with Gasteiger partial charge in [-0.3, -0.25) is 0 Å². The Balaban J connectivity index is 2.41. The average Bonchev–Trinajstić information content (AvgIpc) is 2.41. The van der Waals surface area contributed by atoms with Gasteiger partial charge >= 0.3 is 0 Å². The molecule has 18 heavy (non-hydrogen) atoms. The van der Waals surface area contributed by atoms with Crippen LogP contribution in [0.2, 0.25) is 0 Å². The van der Waals surface area contributed by atoms with Crippen molar-refractivity contribution in [2.24, 2.45) is 0 Å². The molecule has 1 aromatic carbocycles. The highest BCUT2D eigenvalue weighted by Gasteiger charge is 2.07. The number of para-hydroxylation sites is 1. The minimum Gasteiger partial charge on any atom is -0.397 e. The lowest BCUT2D eigenvalue weighted by atomic mass is 10.2. The monoisotopic (exact) mass is 235 g/mol. The summed E-state index contributed by atoms with van der Waals surface area (Å²) < 4.78 is 0. The lowest BCUT2D eigenvalue weighted by Crippen LogP contribution is -2.00. The summed E-state index contributed by atoms with van der Waals surface area (Å²) in [6.07, 6.45) is 1.46. The third kappa shape index (κ3) is 2.21. The van der Waals surface area contributed by atoms with Crippen molar-refractivity contribution >= 4 is 17.2 Å². The van der Waals surface area contributed by atoms with Crippen molar-refractivity contribution in [3.05, 3.63) is 47.7 Å². The van der Waals surface area contributed by atoms with Gasteiger partial charge < -0.3 is 11.1 Å². The first-order valence-electron chi connectivity index (χ1n) is 5.16. The molecule has 0 unspecified atom stereocenters. The number of nitrogens with two attached hydrogens (primary N) is 1. The number of benzene rings is 1. The molecule has 0 saturated carbocycles. The van der Waals surface area contributed by atoms with Crippen LogP contribution in [0.3, 0.4) is 0 Å². The number of rotatable bonds is 2. The summed E-state index contributed by atoms with van der Waals surface area (Å²) in [5, 5.41) is 20.9. The Morgan fingerprint density at radius 1 is 1.11 bits per heavy atom. The molecule has 0 atom stereocenters. The maximum Gasteiger partial charge on any atom is 0.148 e. The van der Waals surface area contributed by atoms with Crippen LogP contribution in [0.1, 0.15) is 11.1 Å². The summed E-state index contributed by atoms with van der Waals surface area (Å²) in [6.45, 7) is 0. The number of nitrogens with one attached hydrogen (secondary N) is 1. The van der Waals surface area contributed by atoms with E-state index < -0.39 is 0 Å². The molecule has 0 aliphatic rings. The highest BCUT2D eigenvalue weighted by Crippen LogP contribution is 2.22. The molecule has 1 aromatic heterocycles. The molecule has 0 aliphatic heterocycles. The Labute approximate surface area is 104 Å². The summed E-state index contributed by atoms with van der Waals surface area (Å²) in [4.78, 5) is 4.05. The van der Waals surface area contributed by atoms with E-state index in [1.165, 1.54) is 12.3 Å². The number of pyridine rings is 1. The smallest absolute Gasteiger partial charge is 0.148 e. The fraction of sp³-hybridized carbons (Fsp3) is 0. The average molecular weight is 235 g/mol. The molecule has 0 saturated heterocycles. The zero-order valence-electron chi connectivity index (χ0n) is 9.38. The number of anilines is 3. The zero-order valence-corrected chi connectivity index (χ0v) is 9.38. The highest BCUT2D eigenvalue weighted by molar-refractivity contribution is 5.69. The van der Waals surface area contributed by atoms with Crippen LogP contribution >= 0.6 is 0 Å². The molecule has 2 aromatic rings. The molecule has 5 nitrogen and oxygen atoms in total. The molecular formula is C13H9N5. The molecule has 1 heterocycles. The summed E-state index contributed by atoms with van der Waals surface area (Å²) in [6, 6.07) is 12.6. The Morgan fingerprint density at radius 3 is 2.56 bits per heavy atom. The molecule has 0 aliphatic carbocycles. The molecule has 86 valence electrons. The third-order valence-corrected chi connectivity index (χ3v) is 2.33. The van der Waals surface area contributed by atoms with Crippen molar-refractivity contribution < 1.29 is 0 Å². The van der Waals surface area contributed by atoms with E-state index in [0.29, 0.717) is 28.3 Å². The van der Waals surface area contributed by atoms with E-state index in [0.717, 1.165) is 0 Å². The number of nitriles is 2. The largest absolute Gasteiger partial charge is 0.397 e. The van der Waals surface area contributed by atoms with Crippen LogP contribution < -0.4 is 11.1 Å². The van der Waals surface area contributed by atoms with Crippen molar-refractivity contribution in [1.82, 2.24) is 4.98 Å².